The van der Waals surface area contributed by atoms with Crippen LogP contribution in [0.1, 0.15) is 33.6 Å². The first kappa shape index (κ1) is 13.6. The van der Waals surface area contributed by atoms with E-state index in [-0.39, 0.29) is 17.2 Å². The number of benzene rings is 1. The highest BCUT2D eigenvalue weighted by atomic mass is 32.1. The van der Waals surface area contributed by atoms with Crippen LogP contribution in [0.2, 0.25) is 0 Å². The average Bonchev–Trinajstić information content (AvgIpc) is 2.74. The number of carbonyl (C=O) groups is 2. The Morgan fingerprint density at radius 3 is 2.15 bits per heavy atom. The molecule has 2 amide bonds. The highest BCUT2D eigenvalue weighted by Crippen LogP contribution is 2.35. The number of nitrogens with zero attached hydrogens (tertiary/aromatic N) is 1. The van der Waals surface area contributed by atoms with Crippen LogP contribution in [0.4, 0.5) is 0 Å². The Morgan fingerprint density at radius 1 is 1.10 bits per heavy atom. The van der Waals surface area contributed by atoms with Gasteiger partial charge >= 0.3 is 0 Å². The lowest BCUT2D eigenvalue weighted by atomic mass is 9.81. The van der Waals surface area contributed by atoms with Gasteiger partial charge in [-0.1, -0.05) is 12.1 Å². The zero-order valence-electron chi connectivity index (χ0n) is 11.2. The summed E-state index contributed by atoms with van der Waals surface area (Å²) in [5.41, 5.74) is 0.909. The van der Waals surface area contributed by atoms with Crippen molar-refractivity contribution in [3.05, 3.63) is 35.4 Å². The second-order valence-corrected chi connectivity index (χ2v) is 5.83. The van der Waals surface area contributed by atoms with Crippen LogP contribution in [0.25, 0.3) is 0 Å². The lowest BCUT2D eigenvalue weighted by molar-refractivity contribution is 0.00996. The molecule has 106 valence electrons. The summed E-state index contributed by atoms with van der Waals surface area (Å²) in [7, 11) is 0. The summed E-state index contributed by atoms with van der Waals surface area (Å²) in [6, 6.07) is 7.01. The molecule has 3 rings (SSSR count). The number of hydrogen-bond acceptors (Lipinski definition) is 4. The summed E-state index contributed by atoms with van der Waals surface area (Å²) in [5, 5.41) is 0. The van der Waals surface area contributed by atoms with Crippen molar-refractivity contribution in [2.24, 2.45) is 5.41 Å². The van der Waals surface area contributed by atoms with Gasteiger partial charge in [0, 0.05) is 25.2 Å². The number of imide groups is 1. The van der Waals surface area contributed by atoms with E-state index in [4.69, 9.17) is 4.74 Å². The van der Waals surface area contributed by atoms with Crippen LogP contribution in [0, 0.1) is 5.41 Å². The van der Waals surface area contributed by atoms with Gasteiger partial charge in [0.1, 0.15) is 0 Å². The molecule has 20 heavy (non-hydrogen) atoms. The molecule has 5 heteroatoms. The zero-order valence-corrected chi connectivity index (χ0v) is 12.1. The Morgan fingerprint density at radius 2 is 1.65 bits per heavy atom. The van der Waals surface area contributed by atoms with Crippen LogP contribution < -0.4 is 0 Å². The molecule has 2 aliphatic heterocycles. The third-order valence-electron chi connectivity index (χ3n) is 4.26. The fraction of sp³-hybridized carbons (Fsp3) is 0.467. The van der Waals surface area contributed by atoms with E-state index in [9.17, 15) is 9.59 Å². The molecule has 1 aromatic carbocycles. The number of hydrogen-bond donors (Lipinski definition) is 1. The quantitative estimate of drug-likeness (QED) is 0.684. The predicted octanol–water partition coefficient (Wildman–Crippen LogP) is 2.01. The van der Waals surface area contributed by atoms with Crippen molar-refractivity contribution < 1.29 is 14.3 Å². The number of fused-ring (bicyclic) bond motifs is 1. The van der Waals surface area contributed by atoms with Crippen molar-refractivity contribution in [3.8, 4) is 0 Å². The molecular weight excluding hydrogens is 274 g/mol. The Hall–Kier alpha value is -1.33. The van der Waals surface area contributed by atoms with E-state index >= 15 is 0 Å². The fourth-order valence-corrected chi connectivity index (χ4v) is 3.31. The minimum absolute atomic E-state index is 0.116. The van der Waals surface area contributed by atoms with Crippen LogP contribution in [-0.4, -0.2) is 42.2 Å². The maximum atomic E-state index is 12.4. The van der Waals surface area contributed by atoms with Crippen LogP contribution in [0.5, 0.6) is 0 Å². The first-order chi connectivity index (χ1) is 9.67. The Kier molecular flexibility index (Phi) is 3.56. The molecule has 0 saturated carbocycles. The third kappa shape index (κ3) is 2.15. The Labute approximate surface area is 123 Å². The van der Waals surface area contributed by atoms with Gasteiger partial charge in [0.05, 0.1) is 11.1 Å². The van der Waals surface area contributed by atoms with E-state index in [1.165, 1.54) is 4.90 Å². The molecule has 2 aliphatic rings. The highest BCUT2D eigenvalue weighted by Gasteiger charge is 2.41. The Balaban J connectivity index is 1.85. The maximum Gasteiger partial charge on any atom is 0.261 e. The summed E-state index contributed by atoms with van der Waals surface area (Å²) >= 11 is 4.44. The summed E-state index contributed by atoms with van der Waals surface area (Å²) in [6.07, 6.45) is 1.67. The molecule has 0 bridgehead atoms. The third-order valence-corrected chi connectivity index (χ3v) is 4.93. The van der Waals surface area contributed by atoms with Gasteiger partial charge in [0.2, 0.25) is 0 Å². The predicted molar refractivity (Wildman–Crippen MR) is 78.1 cm³/mol. The second kappa shape index (κ2) is 5.22. The molecule has 2 heterocycles. The van der Waals surface area contributed by atoms with Crippen molar-refractivity contribution in [1.29, 1.82) is 0 Å². The molecule has 0 N–H and O–H groups in total. The molecule has 1 fully saturated rings. The van der Waals surface area contributed by atoms with E-state index in [1.807, 2.05) is 0 Å². The standard InChI is InChI=1S/C15H17NO3S/c17-13-11-3-1-2-4-12(11)14(18)16(13)9-15(10-20)5-7-19-8-6-15/h1-4,20H,5-10H2. The van der Waals surface area contributed by atoms with Crippen LogP contribution in [0.15, 0.2) is 24.3 Å². The first-order valence-electron chi connectivity index (χ1n) is 6.81. The molecular formula is C15H17NO3S. The summed E-state index contributed by atoms with van der Waals surface area (Å²) in [4.78, 5) is 26.2. The van der Waals surface area contributed by atoms with Crippen molar-refractivity contribution in [2.45, 2.75) is 12.8 Å². The van der Waals surface area contributed by atoms with Gasteiger partial charge < -0.3 is 4.74 Å². The van der Waals surface area contributed by atoms with E-state index < -0.39 is 0 Å². The van der Waals surface area contributed by atoms with Gasteiger partial charge in [-0.3, -0.25) is 14.5 Å². The molecule has 0 spiro atoms. The fourth-order valence-electron chi connectivity index (χ4n) is 2.89. The van der Waals surface area contributed by atoms with E-state index in [0.717, 1.165) is 12.8 Å². The van der Waals surface area contributed by atoms with Crippen molar-refractivity contribution >= 4 is 24.4 Å². The highest BCUT2D eigenvalue weighted by molar-refractivity contribution is 7.80. The van der Waals surface area contributed by atoms with E-state index in [2.05, 4.69) is 12.6 Å². The lowest BCUT2D eigenvalue weighted by Gasteiger charge is -2.38. The molecule has 0 unspecified atom stereocenters. The van der Waals surface area contributed by atoms with Gasteiger partial charge in [-0.25, -0.2) is 0 Å². The van der Waals surface area contributed by atoms with Crippen molar-refractivity contribution in [2.75, 3.05) is 25.5 Å². The van der Waals surface area contributed by atoms with Crippen LogP contribution >= 0.6 is 12.6 Å². The van der Waals surface area contributed by atoms with Gasteiger partial charge in [-0.15, -0.1) is 0 Å². The lowest BCUT2D eigenvalue weighted by Crippen LogP contribution is -2.45. The van der Waals surface area contributed by atoms with E-state index in [1.54, 1.807) is 24.3 Å². The summed E-state index contributed by atoms with van der Waals surface area (Å²) < 4.78 is 5.38. The monoisotopic (exact) mass is 291 g/mol. The minimum atomic E-state index is -0.182. The Bertz CT molecular complexity index is 517. The van der Waals surface area contributed by atoms with Gasteiger partial charge in [-0.2, -0.15) is 12.6 Å². The number of rotatable bonds is 3. The average molecular weight is 291 g/mol. The molecule has 0 radical (unpaired) electrons. The number of ether oxygens (including phenoxy) is 1. The number of thiol groups is 1. The molecule has 1 saturated heterocycles. The smallest absolute Gasteiger partial charge is 0.261 e. The molecule has 0 atom stereocenters. The SMILES string of the molecule is O=C1c2ccccc2C(=O)N1CC1(CS)CCOCC1. The van der Waals surface area contributed by atoms with E-state index in [0.29, 0.717) is 36.6 Å². The topological polar surface area (TPSA) is 46.6 Å². The molecule has 0 aromatic heterocycles. The molecule has 4 nitrogen and oxygen atoms in total. The van der Waals surface area contributed by atoms with Crippen molar-refractivity contribution in [3.63, 3.8) is 0 Å². The van der Waals surface area contributed by atoms with Crippen LogP contribution in [0.3, 0.4) is 0 Å². The largest absolute Gasteiger partial charge is 0.381 e. The summed E-state index contributed by atoms with van der Waals surface area (Å²) in [6.45, 7) is 1.78. The zero-order chi connectivity index (χ0) is 14.2. The molecule has 0 aliphatic carbocycles. The van der Waals surface area contributed by atoms with Gasteiger partial charge in [0.25, 0.3) is 11.8 Å². The van der Waals surface area contributed by atoms with Gasteiger partial charge in [-0.05, 0) is 30.7 Å². The van der Waals surface area contributed by atoms with Crippen molar-refractivity contribution in [1.82, 2.24) is 4.90 Å². The second-order valence-electron chi connectivity index (χ2n) is 5.51. The molecule has 1 aromatic rings. The number of carbonyl (C=O) groups excluding carboxylic acids is 2. The maximum absolute atomic E-state index is 12.4. The normalized spacial score (nSPS) is 21.1. The van der Waals surface area contributed by atoms with Crippen LogP contribution in [-0.2, 0) is 4.74 Å². The number of amides is 2. The summed E-state index contributed by atoms with van der Waals surface area (Å²) in [5.74, 6) is 0.292. The first-order valence-corrected chi connectivity index (χ1v) is 7.44. The minimum Gasteiger partial charge on any atom is -0.381 e. The van der Waals surface area contributed by atoms with Gasteiger partial charge in [0.15, 0.2) is 0 Å².